The molecule has 0 saturated carbocycles. The van der Waals surface area contributed by atoms with E-state index < -0.39 is 17.8 Å². The van der Waals surface area contributed by atoms with Crippen molar-refractivity contribution < 1.29 is 29.1 Å². The van der Waals surface area contributed by atoms with Crippen LogP contribution in [0.25, 0.3) is 0 Å². The molecule has 0 aliphatic carbocycles. The van der Waals surface area contributed by atoms with E-state index in [1.54, 1.807) is 20.8 Å². The van der Waals surface area contributed by atoms with Crippen molar-refractivity contribution in [3.8, 4) is 12.1 Å². The predicted molar refractivity (Wildman–Crippen MR) is 148 cm³/mol. The molecule has 2 aromatic heterocycles. The SMILES string of the molecule is CCOC(=O)c1ccc(N2C(=O)C(Sc3[nH+]c(C)cc(C)c3C#N)=C(Sc3[nH+]c(C)cc(C)c3C#N)C2=O)cc1. The standard InChI is InChI=1S/C29H23N5O4S2/c1-6-38-29(37)19-7-9-20(10-8-19)34-27(35)23(39-25-21(13-30)15(2)11-17(4)32-25)24(28(34)36)40-26-22(14-31)16(3)12-18(5)33-26/h7-12H,6H2,1-5H3/p+2. The maximum atomic E-state index is 13.8. The number of hydrogen-bond acceptors (Lipinski definition) is 8. The van der Waals surface area contributed by atoms with E-state index in [2.05, 4.69) is 22.1 Å². The van der Waals surface area contributed by atoms with Crippen molar-refractivity contribution >= 4 is 47.0 Å². The number of anilines is 1. The van der Waals surface area contributed by atoms with Crippen LogP contribution in [0.5, 0.6) is 0 Å². The van der Waals surface area contributed by atoms with Crippen LogP contribution in [0.2, 0.25) is 0 Å². The molecule has 4 rings (SSSR count). The molecule has 0 spiro atoms. The molecule has 1 aromatic carbocycles. The second-order valence-electron chi connectivity index (χ2n) is 8.98. The Kier molecular flexibility index (Phi) is 8.38. The lowest BCUT2D eigenvalue weighted by atomic mass is 10.1. The second kappa shape index (κ2) is 11.7. The first-order valence-corrected chi connectivity index (χ1v) is 13.9. The average Bonchev–Trinajstić information content (AvgIpc) is 3.12. The van der Waals surface area contributed by atoms with E-state index in [1.807, 2.05) is 26.0 Å². The summed E-state index contributed by atoms with van der Waals surface area (Å²) in [5, 5.41) is 20.5. The number of carbonyl (C=O) groups excluding carboxylic acids is 3. The summed E-state index contributed by atoms with van der Waals surface area (Å²) < 4.78 is 5.02. The van der Waals surface area contributed by atoms with E-state index in [9.17, 15) is 24.9 Å². The van der Waals surface area contributed by atoms with Gasteiger partial charge in [0.1, 0.15) is 33.1 Å². The second-order valence-corrected chi connectivity index (χ2v) is 11.0. The Morgan fingerprint density at radius 2 is 1.30 bits per heavy atom. The molecule has 0 fully saturated rings. The highest BCUT2D eigenvalue weighted by atomic mass is 32.2. The van der Waals surface area contributed by atoms with Crippen molar-refractivity contribution in [1.82, 2.24) is 0 Å². The Labute approximate surface area is 239 Å². The Bertz CT molecular complexity index is 1590. The largest absolute Gasteiger partial charge is 0.462 e. The number of H-pyrrole nitrogens is 2. The smallest absolute Gasteiger partial charge is 0.338 e. The first kappa shape index (κ1) is 28.6. The lowest BCUT2D eigenvalue weighted by Crippen LogP contribution is -2.31. The van der Waals surface area contributed by atoms with Crippen LogP contribution in [-0.4, -0.2) is 24.4 Å². The summed E-state index contributed by atoms with van der Waals surface area (Å²) in [6, 6.07) is 14.0. The van der Waals surface area contributed by atoms with Gasteiger partial charge >= 0.3 is 5.97 Å². The maximum Gasteiger partial charge on any atom is 0.338 e. The van der Waals surface area contributed by atoms with Crippen LogP contribution in [0.4, 0.5) is 5.69 Å². The first-order chi connectivity index (χ1) is 19.1. The fourth-order valence-corrected chi connectivity index (χ4v) is 6.62. The molecule has 0 unspecified atom stereocenters. The third-order valence-electron chi connectivity index (χ3n) is 6.00. The summed E-state index contributed by atoms with van der Waals surface area (Å²) in [5.41, 5.74) is 4.31. The molecule has 0 saturated heterocycles. The number of imide groups is 1. The number of aryl methyl sites for hydroxylation is 4. The number of thioether (sulfide) groups is 2. The Hall–Kier alpha value is -4.45. The summed E-state index contributed by atoms with van der Waals surface area (Å²) in [4.78, 5) is 47.3. The number of aromatic nitrogens is 2. The van der Waals surface area contributed by atoms with Gasteiger partial charge in [-0.25, -0.2) is 19.7 Å². The van der Waals surface area contributed by atoms with Crippen molar-refractivity contribution in [3.05, 3.63) is 85.4 Å². The molecule has 3 heterocycles. The molecule has 3 aromatic rings. The fourth-order valence-electron chi connectivity index (χ4n) is 4.21. The molecule has 0 bridgehead atoms. The van der Waals surface area contributed by atoms with Crippen molar-refractivity contribution in [3.63, 3.8) is 0 Å². The predicted octanol–water partition coefficient (Wildman–Crippen LogP) is 4.14. The van der Waals surface area contributed by atoms with Gasteiger partial charge < -0.3 is 4.74 Å². The Balaban J connectivity index is 1.83. The zero-order chi connectivity index (χ0) is 29.1. The van der Waals surface area contributed by atoms with Crippen LogP contribution in [-0.2, 0) is 14.3 Å². The minimum Gasteiger partial charge on any atom is -0.462 e. The fraction of sp³-hybridized carbons (Fsp3) is 0.207. The van der Waals surface area contributed by atoms with Crippen LogP contribution in [0, 0.1) is 50.4 Å². The summed E-state index contributed by atoms with van der Waals surface area (Å²) in [7, 11) is 0. The minimum absolute atomic E-state index is 0.110. The number of carbonyl (C=O) groups is 3. The van der Waals surface area contributed by atoms with E-state index >= 15 is 0 Å². The third-order valence-corrected chi connectivity index (χ3v) is 8.32. The molecule has 9 nitrogen and oxygen atoms in total. The van der Waals surface area contributed by atoms with Crippen LogP contribution < -0.4 is 14.9 Å². The highest BCUT2D eigenvalue weighted by Gasteiger charge is 2.43. The van der Waals surface area contributed by atoms with Gasteiger partial charge in [-0.3, -0.25) is 9.59 Å². The van der Waals surface area contributed by atoms with E-state index in [0.717, 1.165) is 50.9 Å². The van der Waals surface area contributed by atoms with Gasteiger partial charge in [0.25, 0.3) is 21.9 Å². The number of rotatable bonds is 7. The number of benzene rings is 1. The lowest BCUT2D eigenvalue weighted by Gasteiger charge is -2.15. The number of amides is 2. The van der Waals surface area contributed by atoms with Gasteiger partial charge in [-0.2, -0.15) is 10.5 Å². The van der Waals surface area contributed by atoms with E-state index in [-0.39, 0.29) is 27.7 Å². The van der Waals surface area contributed by atoms with Crippen LogP contribution in [0.3, 0.4) is 0 Å². The van der Waals surface area contributed by atoms with Gasteiger partial charge in [0.05, 0.1) is 17.9 Å². The molecular formula is C29H25N5O4S2+2. The Morgan fingerprint density at radius 3 is 1.70 bits per heavy atom. The number of nitrogens with zero attached hydrogens (tertiary/aromatic N) is 3. The highest BCUT2D eigenvalue weighted by molar-refractivity contribution is 8.08. The minimum atomic E-state index is -0.583. The maximum absolute atomic E-state index is 13.8. The summed E-state index contributed by atoms with van der Waals surface area (Å²) >= 11 is 2.01. The van der Waals surface area contributed by atoms with Gasteiger partial charge in [-0.05, 0) is 79.7 Å². The molecule has 0 atom stereocenters. The molecule has 0 radical (unpaired) electrons. The molecular weight excluding hydrogens is 546 g/mol. The van der Waals surface area contributed by atoms with Gasteiger partial charge in [-0.1, -0.05) is 0 Å². The molecule has 200 valence electrons. The van der Waals surface area contributed by atoms with Crippen LogP contribution >= 0.6 is 23.5 Å². The van der Waals surface area contributed by atoms with Crippen LogP contribution in [0.1, 0.15) is 50.9 Å². The molecule has 2 amide bonds. The lowest BCUT2D eigenvalue weighted by molar-refractivity contribution is -0.436. The quantitative estimate of drug-likeness (QED) is 0.305. The molecule has 1 aliphatic rings. The molecule has 40 heavy (non-hydrogen) atoms. The summed E-state index contributed by atoms with van der Waals surface area (Å²) in [6.45, 7) is 9.20. The van der Waals surface area contributed by atoms with Crippen molar-refractivity contribution in [2.45, 2.75) is 44.7 Å². The van der Waals surface area contributed by atoms with Crippen LogP contribution in [0.15, 0.2) is 56.3 Å². The van der Waals surface area contributed by atoms with Crippen molar-refractivity contribution in [2.75, 3.05) is 11.5 Å². The van der Waals surface area contributed by atoms with Gasteiger partial charge in [0.2, 0.25) is 0 Å². The molecule has 11 heteroatoms. The Morgan fingerprint density at radius 1 is 0.850 bits per heavy atom. The first-order valence-electron chi connectivity index (χ1n) is 12.2. The summed E-state index contributed by atoms with van der Waals surface area (Å²) in [6.07, 6.45) is 0. The number of hydrogen-bond donors (Lipinski definition) is 0. The zero-order valence-corrected chi connectivity index (χ0v) is 24.1. The monoisotopic (exact) mass is 571 g/mol. The van der Waals surface area contributed by atoms with E-state index in [4.69, 9.17) is 4.74 Å². The van der Waals surface area contributed by atoms with E-state index in [0.29, 0.717) is 21.2 Å². The van der Waals surface area contributed by atoms with Gasteiger partial charge in [0, 0.05) is 26.0 Å². The zero-order valence-electron chi connectivity index (χ0n) is 22.5. The van der Waals surface area contributed by atoms with E-state index in [1.165, 1.54) is 24.3 Å². The average molecular weight is 572 g/mol. The van der Waals surface area contributed by atoms with Gasteiger partial charge in [0.15, 0.2) is 11.4 Å². The number of esters is 1. The number of nitriles is 2. The molecule has 2 N–H and O–H groups in total. The van der Waals surface area contributed by atoms with Crippen molar-refractivity contribution in [2.24, 2.45) is 0 Å². The van der Waals surface area contributed by atoms with Gasteiger partial charge in [-0.15, -0.1) is 0 Å². The highest BCUT2D eigenvalue weighted by Crippen LogP contribution is 2.44. The number of ether oxygens (including phenoxy) is 1. The summed E-state index contributed by atoms with van der Waals surface area (Å²) in [5.74, 6) is -1.68. The molecule has 1 aliphatic heterocycles. The van der Waals surface area contributed by atoms with Crippen molar-refractivity contribution in [1.29, 1.82) is 10.5 Å². The number of pyridine rings is 2. The third kappa shape index (κ3) is 5.48. The normalized spacial score (nSPS) is 12.9. The topological polar surface area (TPSA) is 140 Å². The number of aromatic amines is 2. The number of nitrogens with one attached hydrogen (secondary N) is 2.